The van der Waals surface area contributed by atoms with Crippen LogP contribution in [-0.2, 0) is 6.54 Å². The number of aliphatic hydroxyl groups is 1. The van der Waals surface area contributed by atoms with Gasteiger partial charge >= 0.3 is 0 Å². The van der Waals surface area contributed by atoms with E-state index in [1.807, 2.05) is 12.1 Å². The molecule has 3 heteroatoms. The van der Waals surface area contributed by atoms with Gasteiger partial charge in [0, 0.05) is 23.5 Å². The van der Waals surface area contributed by atoms with Gasteiger partial charge in [0.25, 0.3) is 0 Å². The molecular formula is C16H22ClNO. The Balaban J connectivity index is 1.67. The lowest BCUT2D eigenvalue weighted by Crippen LogP contribution is -2.46. The Labute approximate surface area is 120 Å². The SMILES string of the molecule is O[C@@H]1CCC[C@@]12CCCN(Cc1ccc(Cl)cc1)C2. The van der Waals surface area contributed by atoms with Gasteiger partial charge in [0.05, 0.1) is 6.10 Å². The minimum Gasteiger partial charge on any atom is -0.393 e. The van der Waals surface area contributed by atoms with Gasteiger partial charge in [-0.1, -0.05) is 30.2 Å². The van der Waals surface area contributed by atoms with E-state index in [-0.39, 0.29) is 11.5 Å². The molecule has 1 aliphatic heterocycles. The number of piperidine rings is 1. The van der Waals surface area contributed by atoms with Crippen molar-refractivity contribution in [1.29, 1.82) is 0 Å². The van der Waals surface area contributed by atoms with Gasteiger partial charge in [0.2, 0.25) is 0 Å². The Morgan fingerprint density at radius 1 is 1.21 bits per heavy atom. The lowest BCUT2D eigenvalue weighted by Gasteiger charge is -2.42. The van der Waals surface area contributed by atoms with Crippen LogP contribution < -0.4 is 0 Å². The second-order valence-corrected chi connectivity index (χ2v) is 6.65. The quantitative estimate of drug-likeness (QED) is 0.896. The smallest absolute Gasteiger partial charge is 0.0608 e. The largest absolute Gasteiger partial charge is 0.393 e. The number of likely N-dealkylation sites (tertiary alicyclic amines) is 1. The average Bonchev–Trinajstić information content (AvgIpc) is 2.74. The van der Waals surface area contributed by atoms with E-state index in [0.29, 0.717) is 0 Å². The fourth-order valence-electron chi connectivity index (χ4n) is 3.84. The number of nitrogens with zero attached hydrogens (tertiary/aromatic N) is 1. The van der Waals surface area contributed by atoms with E-state index < -0.39 is 0 Å². The third-order valence-electron chi connectivity index (χ3n) is 4.87. The van der Waals surface area contributed by atoms with Gasteiger partial charge in [0.15, 0.2) is 0 Å². The Bertz CT molecular complexity index is 433. The molecule has 0 unspecified atom stereocenters. The first-order valence-corrected chi connectivity index (χ1v) is 7.71. The number of hydrogen-bond acceptors (Lipinski definition) is 2. The van der Waals surface area contributed by atoms with Crippen LogP contribution in [0.5, 0.6) is 0 Å². The van der Waals surface area contributed by atoms with Crippen molar-refractivity contribution >= 4 is 11.6 Å². The van der Waals surface area contributed by atoms with E-state index in [1.54, 1.807) is 0 Å². The summed E-state index contributed by atoms with van der Waals surface area (Å²) in [6, 6.07) is 8.13. The zero-order valence-corrected chi connectivity index (χ0v) is 12.1. The maximum absolute atomic E-state index is 10.3. The standard InChI is InChI=1S/C16H22ClNO/c17-14-6-4-13(5-7-14)11-18-10-2-9-16(12-18)8-1-3-15(16)19/h4-7,15,19H,1-3,8-12H2/t15-,16+/m1/s1. The maximum Gasteiger partial charge on any atom is 0.0608 e. The highest BCUT2D eigenvalue weighted by atomic mass is 35.5. The first-order valence-electron chi connectivity index (χ1n) is 7.33. The van der Waals surface area contributed by atoms with Gasteiger partial charge in [-0.25, -0.2) is 0 Å². The molecule has 3 rings (SSSR count). The number of aliphatic hydroxyl groups excluding tert-OH is 1. The van der Waals surface area contributed by atoms with Crippen molar-refractivity contribution in [1.82, 2.24) is 4.90 Å². The third kappa shape index (κ3) is 2.81. The summed E-state index contributed by atoms with van der Waals surface area (Å²) in [6.45, 7) is 3.18. The van der Waals surface area contributed by atoms with E-state index in [4.69, 9.17) is 11.6 Å². The zero-order chi connectivity index (χ0) is 13.3. The molecule has 1 aromatic rings. The Morgan fingerprint density at radius 3 is 2.63 bits per heavy atom. The molecule has 1 aliphatic carbocycles. The second kappa shape index (κ2) is 5.43. The molecule has 2 atom stereocenters. The van der Waals surface area contributed by atoms with Crippen LogP contribution in [-0.4, -0.2) is 29.2 Å². The van der Waals surface area contributed by atoms with Gasteiger partial charge in [0.1, 0.15) is 0 Å². The summed E-state index contributed by atoms with van der Waals surface area (Å²) in [4.78, 5) is 2.50. The van der Waals surface area contributed by atoms with Crippen molar-refractivity contribution < 1.29 is 5.11 Å². The lowest BCUT2D eigenvalue weighted by atomic mass is 9.76. The topological polar surface area (TPSA) is 23.5 Å². The summed E-state index contributed by atoms with van der Waals surface area (Å²) < 4.78 is 0. The van der Waals surface area contributed by atoms with Crippen molar-refractivity contribution in [2.45, 2.75) is 44.8 Å². The van der Waals surface area contributed by atoms with E-state index in [2.05, 4.69) is 17.0 Å². The summed E-state index contributed by atoms with van der Waals surface area (Å²) in [5, 5.41) is 11.1. The summed E-state index contributed by atoms with van der Waals surface area (Å²) in [7, 11) is 0. The van der Waals surface area contributed by atoms with Gasteiger partial charge in [-0.2, -0.15) is 0 Å². The van der Waals surface area contributed by atoms with Crippen molar-refractivity contribution in [3.8, 4) is 0 Å². The van der Waals surface area contributed by atoms with Crippen LogP contribution in [0.4, 0.5) is 0 Å². The molecule has 1 aromatic carbocycles. The lowest BCUT2D eigenvalue weighted by molar-refractivity contribution is -0.0120. The summed E-state index contributed by atoms with van der Waals surface area (Å²) >= 11 is 5.93. The minimum absolute atomic E-state index is 0.0829. The highest BCUT2D eigenvalue weighted by Gasteiger charge is 2.44. The molecule has 0 radical (unpaired) electrons. The number of halogens is 1. The van der Waals surface area contributed by atoms with E-state index in [0.717, 1.165) is 31.1 Å². The zero-order valence-electron chi connectivity index (χ0n) is 11.3. The number of hydrogen-bond donors (Lipinski definition) is 1. The normalized spacial score (nSPS) is 32.0. The van der Waals surface area contributed by atoms with Gasteiger partial charge in [-0.3, -0.25) is 4.90 Å². The number of benzene rings is 1. The predicted molar refractivity (Wildman–Crippen MR) is 78.3 cm³/mol. The highest BCUT2D eigenvalue weighted by Crippen LogP contribution is 2.45. The molecule has 19 heavy (non-hydrogen) atoms. The fourth-order valence-corrected chi connectivity index (χ4v) is 3.96. The minimum atomic E-state index is -0.0829. The molecule has 1 saturated carbocycles. The second-order valence-electron chi connectivity index (χ2n) is 6.21. The van der Waals surface area contributed by atoms with Crippen LogP contribution in [0.1, 0.15) is 37.7 Å². The van der Waals surface area contributed by atoms with Crippen LogP contribution in [0.3, 0.4) is 0 Å². The molecule has 0 bridgehead atoms. The van der Waals surface area contributed by atoms with Crippen LogP contribution in [0.15, 0.2) is 24.3 Å². The maximum atomic E-state index is 10.3. The monoisotopic (exact) mass is 279 g/mol. The number of rotatable bonds is 2. The fraction of sp³-hybridized carbons (Fsp3) is 0.625. The Hall–Kier alpha value is -0.570. The van der Waals surface area contributed by atoms with Gasteiger partial charge in [-0.15, -0.1) is 0 Å². The molecule has 1 saturated heterocycles. The molecule has 104 valence electrons. The van der Waals surface area contributed by atoms with E-state index >= 15 is 0 Å². The first-order chi connectivity index (χ1) is 9.18. The van der Waals surface area contributed by atoms with Crippen LogP contribution in [0.25, 0.3) is 0 Å². The van der Waals surface area contributed by atoms with Gasteiger partial charge < -0.3 is 5.11 Å². The van der Waals surface area contributed by atoms with Crippen LogP contribution in [0.2, 0.25) is 5.02 Å². The predicted octanol–water partition coefficient (Wildman–Crippen LogP) is 3.47. The molecule has 2 aliphatic rings. The molecule has 0 amide bonds. The Morgan fingerprint density at radius 2 is 1.95 bits per heavy atom. The summed E-state index contributed by atoms with van der Waals surface area (Å²) in [6.07, 6.45) is 5.71. The third-order valence-corrected chi connectivity index (χ3v) is 5.12. The molecule has 2 nitrogen and oxygen atoms in total. The molecule has 1 N–H and O–H groups in total. The molecule has 1 heterocycles. The van der Waals surface area contributed by atoms with E-state index in [9.17, 15) is 5.11 Å². The molecular weight excluding hydrogens is 258 g/mol. The van der Waals surface area contributed by atoms with Crippen molar-refractivity contribution in [3.63, 3.8) is 0 Å². The Kier molecular flexibility index (Phi) is 3.84. The van der Waals surface area contributed by atoms with Crippen LogP contribution >= 0.6 is 11.6 Å². The van der Waals surface area contributed by atoms with E-state index in [1.165, 1.54) is 31.2 Å². The van der Waals surface area contributed by atoms with Gasteiger partial charge in [-0.05, 0) is 49.9 Å². The average molecular weight is 280 g/mol. The summed E-state index contributed by atoms with van der Waals surface area (Å²) in [5.74, 6) is 0. The van der Waals surface area contributed by atoms with Crippen LogP contribution in [0, 0.1) is 5.41 Å². The van der Waals surface area contributed by atoms with Crippen molar-refractivity contribution in [3.05, 3.63) is 34.9 Å². The molecule has 1 spiro atoms. The first kappa shape index (κ1) is 13.4. The highest BCUT2D eigenvalue weighted by molar-refractivity contribution is 6.30. The molecule has 0 aromatic heterocycles. The van der Waals surface area contributed by atoms with Crippen molar-refractivity contribution in [2.75, 3.05) is 13.1 Å². The molecule has 2 fully saturated rings. The van der Waals surface area contributed by atoms with Crippen molar-refractivity contribution in [2.24, 2.45) is 5.41 Å². The summed E-state index contributed by atoms with van der Waals surface area (Å²) in [5.41, 5.74) is 1.50.